The zero-order valence-corrected chi connectivity index (χ0v) is 26.9. The molecule has 7 rings (SSSR count). The Morgan fingerprint density at radius 1 is 1.12 bits per heavy atom. The summed E-state index contributed by atoms with van der Waals surface area (Å²) < 4.78 is 56.5. The number of likely N-dealkylation sites (tertiary alicyclic amines) is 1. The number of aliphatic hydroxyl groups is 1. The highest BCUT2D eigenvalue weighted by atomic mass is 32.2. The van der Waals surface area contributed by atoms with E-state index in [9.17, 15) is 27.5 Å². The maximum Gasteiger partial charge on any atom is 0.415 e. The summed E-state index contributed by atoms with van der Waals surface area (Å²) >= 11 is 1.33. The molecule has 1 saturated heterocycles. The Bertz CT molecular complexity index is 2020. The number of primary amides is 1. The monoisotopic (exact) mass is 693 g/mol. The third-order valence-corrected chi connectivity index (χ3v) is 10.3. The van der Waals surface area contributed by atoms with Crippen molar-refractivity contribution in [1.29, 1.82) is 0 Å². The number of allylic oxidation sites excluding steroid dienone is 1. The fourth-order valence-corrected chi connectivity index (χ4v) is 7.61. The predicted octanol–water partition coefficient (Wildman–Crippen LogP) is 5.32. The van der Waals surface area contributed by atoms with Gasteiger partial charge in [0.25, 0.3) is 5.91 Å². The second-order valence-electron chi connectivity index (χ2n) is 12.0. The molecule has 3 N–H and O–H groups in total. The van der Waals surface area contributed by atoms with Gasteiger partial charge in [-0.1, -0.05) is 17.8 Å². The van der Waals surface area contributed by atoms with E-state index in [1.54, 1.807) is 46.5 Å². The van der Waals surface area contributed by atoms with Crippen LogP contribution in [-0.2, 0) is 4.79 Å². The van der Waals surface area contributed by atoms with Crippen LogP contribution in [0.4, 0.5) is 23.4 Å². The van der Waals surface area contributed by atoms with Crippen molar-refractivity contribution in [3.8, 4) is 22.6 Å². The van der Waals surface area contributed by atoms with E-state index in [1.807, 2.05) is 40.7 Å². The van der Waals surface area contributed by atoms with Crippen molar-refractivity contribution < 1.29 is 27.5 Å². The van der Waals surface area contributed by atoms with E-state index >= 15 is 0 Å². The van der Waals surface area contributed by atoms with E-state index in [4.69, 9.17) is 20.8 Å². The number of nitrogens with zero attached hydrogens (tertiary/aromatic N) is 8. The number of pyridine rings is 1. The van der Waals surface area contributed by atoms with E-state index < -0.39 is 30.5 Å². The number of nitrogens with two attached hydrogens (primary N) is 1. The van der Waals surface area contributed by atoms with E-state index in [0.717, 1.165) is 5.56 Å². The number of halogens is 4. The number of imidazole rings is 2. The molecular weight excluding hydrogens is 662 g/mol. The van der Waals surface area contributed by atoms with Gasteiger partial charge < -0.3 is 25.2 Å². The van der Waals surface area contributed by atoms with Crippen molar-refractivity contribution in [2.24, 2.45) is 5.73 Å². The minimum absolute atomic E-state index is 0.117. The van der Waals surface area contributed by atoms with Crippen LogP contribution < -0.4 is 10.6 Å². The third kappa shape index (κ3) is 6.38. The third-order valence-electron chi connectivity index (χ3n) is 8.81. The van der Waals surface area contributed by atoms with Gasteiger partial charge in [0.2, 0.25) is 0 Å². The minimum atomic E-state index is -4.68. The van der Waals surface area contributed by atoms with Crippen LogP contribution in [0.5, 0.6) is 0 Å². The number of thioether (sulfide) groups is 1. The molecule has 1 unspecified atom stereocenters. The van der Waals surface area contributed by atoms with Crippen molar-refractivity contribution in [2.75, 3.05) is 24.5 Å². The Hall–Kier alpha value is -4.80. The van der Waals surface area contributed by atoms with Gasteiger partial charge in [0.05, 0.1) is 28.8 Å². The Morgan fingerprint density at radius 3 is 2.55 bits per heavy atom. The minimum Gasteiger partial charge on any atom is -0.382 e. The van der Waals surface area contributed by atoms with Crippen LogP contribution in [0.2, 0.25) is 0 Å². The number of rotatable bonds is 8. The number of anilines is 1. The first-order chi connectivity index (χ1) is 23.5. The van der Waals surface area contributed by atoms with Crippen molar-refractivity contribution in [2.45, 2.75) is 43.5 Å². The summed E-state index contributed by atoms with van der Waals surface area (Å²) in [4.78, 5) is 30.1. The molecule has 5 aromatic rings. The molecule has 0 bridgehead atoms. The molecule has 2 atom stereocenters. The van der Waals surface area contributed by atoms with Crippen LogP contribution in [0.3, 0.4) is 0 Å². The molecule has 0 radical (unpaired) electrons. The predicted molar refractivity (Wildman–Crippen MR) is 175 cm³/mol. The Balaban J connectivity index is 1.25. The molecule has 16 heteroatoms. The summed E-state index contributed by atoms with van der Waals surface area (Å²) in [5.74, 6) is -0.385. The number of piperidine rings is 1. The molecule has 11 nitrogen and oxygen atoms in total. The second-order valence-corrected chi connectivity index (χ2v) is 13.1. The number of carbonyl (C=O) groups is 1. The Labute approximate surface area is 282 Å². The van der Waals surface area contributed by atoms with Gasteiger partial charge in [0.1, 0.15) is 16.9 Å². The summed E-state index contributed by atoms with van der Waals surface area (Å²) in [6, 6.07) is 13.2. The van der Waals surface area contributed by atoms with Gasteiger partial charge in [-0.3, -0.25) is 9.78 Å². The highest BCUT2D eigenvalue weighted by Crippen LogP contribution is 2.49. The van der Waals surface area contributed by atoms with Gasteiger partial charge in [-0.05, 0) is 62.2 Å². The van der Waals surface area contributed by atoms with Crippen molar-refractivity contribution in [3.05, 3.63) is 95.4 Å². The molecule has 2 aliphatic rings. The lowest BCUT2D eigenvalue weighted by molar-refractivity contribution is -0.208. The summed E-state index contributed by atoms with van der Waals surface area (Å²) in [7, 11) is 0. The van der Waals surface area contributed by atoms with Crippen LogP contribution in [0.25, 0.3) is 28.3 Å². The SMILES string of the molecule is CC1=C(C(N)=O)S[C@@H](c2cccnc2)N1c1cn2nc(-c3c(-c4ccc(F)cc4)ncn3C3CCN(CC(O)C(F)(F)F)CC3)ccc2n1. The lowest BCUT2D eigenvalue weighted by Gasteiger charge is -2.34. The normalized spacial score (nSPS) is 18.5. The van der Waals surface area contributed by atoms with Gasteiger partial charge in [0.15, 0.2) is 17.6 Å². The molecule has 1 aromatic carbocycles. The van der Waals surface area contributed by atoms with Gasteiger partial charge in [-0.2, -0.15) is 18.3 Å². The van der Waals surface area contributed by atoms with Crippen LogP contribution in [0.15, 0.2) is 84.1 Å². The largest absolute Gasteiger partial charge is 0.415 e. The van der Waals surface area contributed by atoms with E-state index in [2.05, 4.69) is 4.98 Å². The number of carbonyl (C=O) groups excluding carboxylic acids is 1. The van der Waals surface area contributed by atoms with Gasteiger partial charge in [-0.25, -0.2) is 18.9 Å². The quantitative estimate of drug-likeness (QED) is 0.207. The molecule has 2 aliphatic heterocycles. The maximum atomic E-state index is 13.9. The second kappa shape index (κ2) is 12.9. The van der Waals surface area contributed by atoms with Gasteiger partial charge in [0, 0.05) is 54.9 Å². The van der Waals surface area contributed by atoms with Crippen molar-refractivity contribution in [1.82, 2.24) is 34.0 Å². The number of fused-ring (bicyclic) bond motifs is 1. The summed E-state index contributed by atoms with van der Waals surface area (Å²) in [6.07, 6.45) is 0.801. The maximum absolute atomic E-state index is 13.9. The highest BCUT2D eigenvalue weighted by molar-refractivity contribution is 8.04. The van der Waals surface area contributed by atoms with E-state index in [1.165, 1.54) is 23.9 Å². The average molecular weight is 694 g/mol. The zero-order chi connectivity index (χ0) is 34.4. The van der Waals surface area contributed by atoms with Crippen molar-refractivity contribution in [3.63, 3.8) is 0 Å². The van der Waals surface area contributed by atoms with Crippen LogP contribution in [-0.4, -0.2) is 77.0 Å². The van der Waals surface area contributed by atoms with Gasteiger partial charge in [-0.15, -0.1) is 0 Å². The van der Waals surface area contributed by atoms with Crippen molar-refractivity contribution >= 4 is 29.1 Å². The number of alkyl halides is 3. The number of aliphatic hydroxyl groups excluding tert-OH is 1. The van der Waals surface area contributed by atoms with Crippen LogP contribution in [0, 0.1) is 5.82 Å². The number of hydrogen-bond acceptors (Lipinski definition) is 9. The standard InChI is InChI=1S/C33H31F4N9O2S/c1-19-30(31(38)48)49-32(21-3-2-12-39-15-21)46(19)27-17-45-26(41-27)9-8-24(42-45)29-28(20-4-6-22(34)7-5-20)40-18-44(29)23-10-13-43(14-11-23)16-25(47)33(35,36)37/h2-9,12,15,17-18,23,25,32,47H,10-11,13-14,16H2,1H3,(H2,38,48)/t25?,32-/m0/s1. The van der Waals surface area contributed by atoms with E-state index in [0.29, 0.717) is 70.6 Å². The average Bonchev–Trinajstić information content (AvgIpc) is 3.80. The molecule has 4 aromatic heterocycles. The zero-order valence-electron chi connectivity index (χ0n) is 26.1. The number of β-amino-alcohol motifs (C(OH)–C–C–N with tert-alkyl or cyclic N) is 1. The Morgan fingerprint density at radius 2 is 1.88 bits per heavy atom. The molecule has 49 heavy (non-hydrogen) atoms. The van der Waals surface area contributed by atoms with Crippen LogP contribution >= 0.6 is 11.8 Å². The lowest BCUT2D eigenvalue weighted by Crippen LogP contribution is -2.44. The molecule has 6 heterocycles. The number of amides is 1. The van der Waals surface area contributed by atoms with Gasteiger partial charge >= 0.3 is 6.18 Å². The Kier molecular flexibility index (Phi) is 8.62. The summed E-state index contributed by atoms with van der Waals surface area (Å²) in [5, 5.41) is 14.2. The first kappa shape index (κ1) is 32.7. The lowest BCUT2D eigenvalue weighted by atomic mass is 10.0. The molecular formula is C33H31F4N9O2S. The first-order valence-corrected chi connectivity index (χ1v) is 16.4. The summed E-state index contributed by atoms with van der Waals surface area (Å²) in [5.41, 5.74) is 10.2. The topological polar surface area (TPSA) is 131 Å². The number of aromatic nitrogens is 6. The fourth-order valence-electron chi connectivity index (χ4n) is 6.35. The molecule has 1 amide bonds. The first-order valence-electron chi connectivity index (χ1n) is 15.5. The molecule has 0 aliphatic carbocycles. The summed E-state index contributed by atoms with van der Waals surface area (Å²) in [6.45, 7) is 2.03. The molecule has 0 spiro atoms. The fraction of sp³-hybridized carbons (Fsp3) is 0.303. The molecule has 1 fully saturated rings. The highest BCUT2D eigenvalue weighted by Gasteiger charge is 2.40. The van der Waals surface area contributed by atoms with Crippen LogP contribution in [0.1, 0.15) is 36.7 Å². The number of hydrogen-bond donors (Lipinski definition) is 2. The number of benzene rings is 1. The molecule has 0 saturated carbocycles. The van der Waals surface area contributed by atoms with E-state index in [-0.39, 0.29) is 11.4 Å². The molecule has 254 valence electrons. The smallest absolute Gasteiger partial charge is 0.382 e.